The second-order valence-electron chi connectivity index (χ2n) is 7.30. The van der Waals surface area contributed by atoms with E-state index in [0.29, 0.717) is 17.6 Å². The van der Waals surface area contributed by atoms with Gasteiger partial charge in [-0.3, -0.25) is 19.4 Å². The average molecular weight is 366 g/mol. The molecule has 1 aromatic carbocycles. The van der Waals surface area contributed by atoms with Gasteiger partial charge in [0.1, 0.15) is 11.2 Å². The first-order chi connectivity index (χ1) is 13.2. The standard InChI is InChI=1S/C20H26N6O/c1-2-17(25-10-6-9-15(21)13-25)19-23-18-16(11-22-24-18)20(27)26(19)12-14-7-4-3-5-8-14/h3-5,7-8,11,15,17H,2,6,9-10,12-13,21H2,1H3,(H,22,24). The zero-order valence-electron chi connectivity index (χ0n) is 15.6. The van der Waals surface area contributed by atoms with Gasteiger partial charge >= 0.3 is 0 Å². The summed E-state index contributed by atoms with van der Waals surface area (Å²) >= 11 is 0. The maximum atomic E-state index is 13.2. The van der Waals surface area contributed by atoms with Crippen molar-refractivity contribution < 1.29 is 0 Å². The van der Waals surface area contributed by atoms with Crippen LogP contribution in [0.3, 0.4) is 0 Å². The zero-order chi connectivity index (χ0) is 18.8. The molecule has 3 N–H and O–H groups in total. The highest BCUT2D eigenvalue weighted by atomic mass is 16.1. The number of likely N-dealkylation sites (tertiary alicyclic amines) is 1. The minimum absolute atomic E-state index is 0.0487. The van der Waals surface area contributed by atoms with Crippen LogP contribution < -0.4 is 11.3 Å². The first-order valence-corrected chi connectivity index (χ1v) is 9.64. The third-order valence-electron chi connectivity index (χ3n) is 5.40. The van der Waals surface area contributed by atoms with Gasteiger partial charge in [-0.15, -0.1) is 0 Å². The van der Waals surface area contributed by atoms with Crippen LogP contribution in [-0.2, 0) is 6.54 Å². The molecule has 0 amide bonds. The Balaban J connectivity index is 1.82. The quantitative estimate of drug-likeness (QED) is 0.721. The lowest BCUT2D eigenvalue weighted by Gasteiger charge is -2.37. The van der Waals surface area contributed by atoms with Gasteiger partial charge in [-0.25, -0.2) is 4.98 Å². The van der Waals surface area contributed by atoms with E-state index in [1.54, 1.807) is 6.20 Å². The number of hydrogen-bond donors (Lipinski definition) is 2. The van der Waals surface area contributed by atoms with Crippen LogP contribution in [0.1, 0.15) is 43.6 Å². The fourth-order valence-electron chi connectivity index (χ4n) is 4.05. The molecule has 7 heteroatoms. The van der Waals surface area contributed by atoms with E-state index < -0.39 is 0 Å². The maximum absolute atomic E-state index is 13.2. The van der Waals surface area contributed by atoms with E-state index in [1.807, 2.05) is 34.9 Å². The van der Waals surface area contributed by atoms with Crippen molar-refractivity contribution in [2.24, 2.45) is 5.73 Å². The summed E-state index contributed by atoms with van der Waals surface area (Å²) in [4.78, 5) is 20.4. The van der Waals surface area contributed by atoms with Crippen molar-refractivity contribution >= 4 is 11.0 Å². The molecule has 2 unspecified atom stereocenters. The Morgan fingerprint density at radius 1 is 1.33 bits per heavy atom. The molecular weight excluding hydrogens is 340 g/mol. The van der Waals surface area contributed by atoms with Gasteiger partial charge in [-0.2, -0.15) is 5.10 Å². The highest BCUT2D eigenvalue weighted by Crippen LogP contribution is 2.26. The molecule has 3 aromatic rings. The molecule has 2 aromatic heterocycles. The van der Waals surface area contributed by atoms with Crippen molar-refractivity contribution in [1.82, 2.24) is 24.6 Å². The van der Waals surface area contributed by atoms with Crippen molar-refractivity contribution in [3.05, 3.63) is 58.3 Å². The molecular formula is C20H26N6O. The van der Waals surface area contributed by atoms with Crippen LogP contribution >= 0.6 is 0 Å². The van der Waals surface area contributed by atoms with Gasteiger partial charge < -0.3 is 5.73 Å². The van der Waals surface area contributed by atoms with E-state index in [-0.39, 0.29) is 17.6 Å². The number of nitrogens with zero attached hydrogens (tertiary/aromatic N) is 4. The van der Waals surface area contributed by atoms with Crippen LogP contribution in [0.15, 0.2) is 41.3 Å². The van der Waals surface area contributed by atoms with Crippen LogP contribution in [0.4, 0.5) is 0 Å². The van der Waals surface area contributed by atoms with Crippen LogP contribution in [0.2, 0.25) is 0 Å². The lowest BCUT2D eigenvalue weighted by atomic mass is 10.0. The third kappa shape index (κ3) is 3.52. The number of nitrogens with two attached hydrogens (primary N) is 1. The number of piperidine rings is 1. The van der Waals surface area contributed by atoms with Crippen LogP contribution in [0, 0.1) is 0 Å². The first kappa shape index (κ1) is 17.9. The summed E-state index contributed by atoms with van der Waals surface area (Å²) in [5.41, 5.74) is 7.80. The fraction of sp³-hybridized carbons (Fsp3) is 0.450. The van der Waals surface area contributed by atoms with E-state index in [9.17, 15) is 4.79 Å². The Morgan fingerprint density at radius 3 is 2.89 bits per heavy atom. The Hall–Kier alpha value is -2.51. The predicted molar refractivity (Wildman–Crippen MR) is 106 cm³/mol. The molecule has 0 aliphatic carbocycles. The molecule has 0 radical (unpaired) electrons. The summed E-state index contributed by atoms with van der Waals surface area (Å²) < 4.78 is 1.81. The van der Waals surface area contributed by atoms with Crippen LogP contribution in [-0.4, -0.2) is 43.8 Å². The Bertz CT molecular complexity index is 964. The van der Waals surface area contributed by atoms with Gasteiger partial charge in [-0.1, -0.05) is 37.3 Å². The molecule has 2 atom stereocenters. The van der Waals surface area contributed by atoms with Gasteiger partial charge in [0, 0.05) is 12.6 Å². The number of H-pyrrole nitrogens is 1. The largest absolute Gasteiger partial charge is 0.327 e. The van der Waals surface area contributed by atoms with Gasteiger partial charge in [-0.05, 0) is 31.4 Å². The smallest absolute Gasteiger partial charge is 0.265 e. The van der Waals surface area contributed by atoms with Gasteiger partial charge in [0.2, 0.25) is 0 Å². The predicted octanol–water partition coefficient (Wildman–Crippen LogP) is 2.04. The number of aromatic amines is 1. The zero-order valence-corrected chi connectivity index (χ0v) is 15.6. The molecule has 4 rings (SSSR count). The summed E-state index contributed by atoms with van der Waals surface area (Å²) in [6.45, 7) is 4.45. The second kappa shape index (κ2) is 7.62. The van der Waals surface area contributed by atoms with Gasteiger partial charge in [0.25, 0.3) is 5.56 Å². The first-order valence-electron chi connectivity index (χ1n) is 9.64. The van der Waals surface area contributed by atoms with Crippen LogP contribution in [0.25, 0.3) is 11.0 Å². The van der Waals surface area contributed by atoms with Crippen molar-refractivity contribution in [2.45, 2.75) is 44.8 Å². The highest BCUT2D eigenvalue weighted by molar-refractivity contribution is 5.72. The van der Waals surface area contributed by atoms with E-state index in [0.717, 1.165) is 43.7 Å². The van der Waals surface area contributed by atoms with E-state index in [1.165, 1.54) is 0 Å². The molecule has 1 aliphatic rings. The normalized spacial score (nSPS) is 19.4. The third-order valence-corrected chi connectivity index (χ3v) is 5.40. The molecule has 0 saturated carbocycles. The summed E-state index contributed by atoms with van der Waals surface area (Å²) in [5, 5.41) is 7.42. The van der Waals surface area contributed by atoms with Crippen molar-refractivity contribution in [3.8, 4) is 0 Å². The second-order valence-corrected chi connectivity index (χ2v) is 7.30. The van der Waals surface area contributed by atoms with E-state index in [2.05, 4.69) is 22.0 Å². The Kier molecular flexibility index (Phi) is 5.05. The van der Waals surface area contributed by atoms with Gasteiger partial charge in [0.15, 0.2) is 5.65 Å². The van der Waals surface area contributed by atoms with Crippen LogP contribution in [0.5, 0.6) is 0 Å². The molecule has 1 aliphatic heterocycles. The van der Waals surface area contributed by atoms with Crippen molar-refractivity contribution in [3.63, 3.8) is 0 Å². The lowest BCUT2D eigenvalue weighted by molar-refractivity contribution is 0.136. The number of aromatic nitrogens is 4. The number of hydrogen-bond acceptors (Lipinski definition) is 5. The van der Waals surface area contributed by atoms with Gasteiger partial charge in [0.05, 0.1) is 18.8 Å². The van der Waals surface area contributed by atoms with Crippen molar-refractivity contribution in [1.29, 1.82) is 0 Å². The molecule has 1 saturated heterocycles. The van der Waals surface area contributed by atoms with E-state index in [4.69, 9.17) is 10.7 Å². The molecule has 27 heavy (non-hydrogen) atoms. The molecule has 0 spiro atoms. The molecule has 1 fully saturated rings. The van der Waals surface area contributed by atoms with E-state index >= 15 is 0 Å². The fourth-order valence-corrected chi connectivity index (χ4v) is 4.05. The minimum Gasteiger partial charge on any atom is -0.327 e. The molecule has 142 valence electrons. The highest BCUT2D eigenvalue weighted by Gasteiger charge is 2.28. The number of benzene rings is 1. The summed E-state index contributed by atoms with van der Waals surface area (Å²) in [6.07, 6.45) is 4.56. The molecule has 7 nitrogen and oxygen atoms in total. The Labute approximate surface area is 158 Å². The number of rotatable bonds is 5. The number of nitrogens with one attached hydrogen (secondary N) is 1. The average Bonchev–Trinajstić information content (AvgIpc) is 3.15. The van der Waals surface area contributed by atoms with Crippen molar-refractivity contribution in [2.75, 3.05) is 13.1 Å². The summed E-state index contributed by atoms with van der Waals surface area (Å²) in [5.74, 6) is 0.789. The monoisotopic (exact) mass is 366 g/mol. The lowest BCUT2D eigenvalue weighted by Crippen LogP contribution is -2.45. The minimum atomic E-state index is -0.0487. The summed E-state index contributed by atoms with van der Waals surface area (Å²) in [6, 6.07) is 10.3. The summed E-state index contributed by atoms with van der Waals surface area (Å²) in [7, 11) is 0. The Morgan fingerprint density at radius 2 is 2.15 bits per heavy atom. The maximum Gasteiger partial charge on any atom is 0.265 e. The molecule has 0 bridgehead atoms. The topological polar surface area (TPSA) is 92.8 Å². The molecule has 3 heterocycles. The SMILES string of the molecule is CCC(c1nc2[nH]ncc2c(=O)n1Cc1ccccc1)N1CCCC(N)C1. The number of fused-ring (bicyclic) bond motifs is 1.